The molecule has 0 radical (unpaired) electrons. The normalized spacial score (nSPS) is 15.1. The molecule has 218 valence electrons. The maximum absolute atomic E-state index is 12.2. The van der Waals surface area contributed by atoms with Gasteiger partial charge in [0.05, 0.1) is 13.2 Å². The minimum atomic E-state index is -0.597. The summed E-state index contributed by atoms with van der Waals surface area (Å²) in [6.07, 6.45) is 0.915. The lowest BCUT2D eigenvalue weighted by Crippen LogP contribution is -2.39. The van der Waals surface area contributed by atoms with E-state index in [0.717, 1.165) is 47.7 Å². The quantitative estimate of drug-likeness (QED) is 0.142. The zero-order valence-corrected chi connectivity index (χ0v) is 24.9. The lowest BCUT2D eigenvalue weighted by atomic mass is 9.76. The summed E-state index contributed by atoms with van der Waals surface area (Å²) in [4.78, 5) is 19.8. The number of oxime groups is 1. The molecule has 1 aliphatic heterocycles. The van der Waals surface area contributed by atoms with Crippen molar-refractivity contribution in [2.24, 2.45) is 5.16 Å². The van der Waals surface area contributed by atoms with E-state index in [0.29, 0.717) is 26.2 Å². The van der Waals surface area contributed by atoms with Crippen LogP contribution in [0.3, 0.4) is 0 Å². The van der Waals surface area contributed by atoms with Crippen molar-refractivity contribution in [1.82, 2.24) is 0 Å². The van der Waals surface area contributed by atoms with Crippen molar-refractivity contribution < 1.29 is 23.8 Å². The Bertz CT molecular complexity index is 1300. The van der Waals surface area contributed by atoms with E-state index in [1.54, 1.807) is 14.0 Å². The number of benzene rings is 3. The van der Waals surface area contributed by atoms with Crippen LogP contribution in [0.2, 0.25) is 0 Å². The molecule has 7 nitrogen and oxygen atoms in total. The molecule has 0 bridgehead atoms. The fourth-order valence-corrected chi connectivity index (χ4v) is 5.22. The molecule has 0 N–H and O–H groups in total. The zero-order valence-electron chi connectivity index (χ0n) is 24.9. The molecule has 0 amide bonds. The number of fused-ring (bicyclic) bond motifs is 1. The van der Waals surface area contributed by atoms with Gasteiger partial charge in [0.15, 0.2) is 6.10 Å². The standard InChI is InChI=1S/C34H42N2O5/c1-6-39-31(33(37)40-7-2)23-25-13-16-28(17-14-25)41-22-21-36-20-19-34(3,4)29-24-27(15-18-30(29)36)32(35-38-5)26-11-9-8-10-12-26/h8-18,24,31H,6-7,19-23H2,1-5H3/b35-32+/t31-/m0/s1. The molecule has 7 heteroatoms. The predicted molar refractivity (Wildman–Crippen MR) is 163 cm³/mol. The molecule has 0 saturated carbocycles. The Labute approximate surface area is 244 Å². The van der Waals surface area contributed by atoms with Gasteiger partial charge in [-0.15, -0.1) is 0 Å². The molecule has 1 atom stereocenters. The van der Waals surface area contributed by atoms with Gasteiger partial charge in [-0.3, -0.25) is 0 Å². The van der Waals surface area contributed by atoms with Crippen molar-refractivity contribution in [3.63, 3.8) is 0 Å². The van der Waals surface area contributed by atoms with Gasteiger partial charge in [0.2, 0.25) is 0 Å². The first-order valence-corrected chi connectivity index (χ1v) is 14.4. The molecule has 0 aromatic heterocycles. The second kappa shape index (κ2) is 14.2. The summed E-state index contributed by atoms with van der Waals surface area (Å²) < 4.78 is 16.9. The van der Waals surface area contributed by atoms with Gasteiger partial charge in [0, 0.05) is 36.4 Å². The maximum atomic E-state index is 12.2. The minimum Gasteiger partial charge on any atom is -0.492 e. The van der Waals surface area contributed by atoms with Crippen LogP contribution in [0.4, 0.5) is 5.69 Å². The van der Waals surface area contributed by atoms with Crippen LogP contribution < -0.4 is 9.64 Å². The first-order chi connectivity index (χ1) is 19.9. The van der Waals surface area contributed by atoms with Gasteiger partial charge in [-0.1, -0.05) is 67.5 Å². The smallest absolute Gasteiger partial charge is 0.335 e. The topological polar surface area (TPSA) is 69.6 Å². The summed E-state index contributed by atoms with van der Waals surface area (Å²) in [6, 6.07) is 24.6. The Morgan fingerprint density at radius 1 is 0.976 bits per heavy atom. The van der Waals surface area contributed by atoms with E-state index in [4.69, 9.17) is 19.0 Å². The number of nitrogens with zero attached hydrogens (tertiary/aromatic N) is 2. The lowest BCUT2D eigenvalue weighted by Gasteiger charge is -2.40. The number of rotatable bonds is 13. The van der Waals surface area contributed by atoms with Gasteiger partial charge in [-0.2, -0.15) is 0 Å². The van der Waals surface area contributed by atoms with Crippen LogP contribution in [0.5, 0.6) is 5.75 Å². The molecule has 0 fully saturated rings. The molecule has 0 aliphatic carbocycles. The monoisotopic (exact) mass is 558 g/mol. The molecule has 3 aromatic carbocycles. The molecule has 3 aromatic rings. The highest BCUT2D eigenvalue weighted by molar-refractivity contribution is 6.13. The van der Waals surface area contributed by atoms with E-state index in [2.05, 4.69) is 54.2 Å². The number of anilines is 1. The Kier molecular flexibility index (Phi) is 10.4. The first-order valence-electron chi connectivity index (χ1n) is 14.4. The van der Waals surface area contributed by atoms with Crippen LogP contribution in [0.1, 0.15) is 56.4 Å². The third-order valence-corrected chi connectivity index (χ3v) is 7.47. The predicted octanol–water partition coefficient (Wildman–Crippen LogP) is 6.16. The van der Waals surface area contributed by atoms with Gasteiger partial charge < -0.3 is 23.9 Å². The molecule has 41 heavy (non-hydrogen) atoms. The first kappa shape index (κ1) is 30.1. The fraction of sp³-hybridized carbons (Fsp3) is 0.412. The summed E-state index contributed by atoms with van der Waals surface area (Å²) >= 11 is 0. The van der Waals surface area contributed by atoms with Crippen molar-refractivity contribution >= 4 is 17.4 Å². The zero-order chi connectivity index (χ0) is 29.2. The Balaban J connectivity index is 1.42. The second-order valence-electron chi connectivity index (χ2n) is 10.7. The van der Waals surface area contributed by atoms with E-state index in [1.165, 1.54) is 11.3 Å². The van der Waals surface area contributed by atoms with Crippen molar-refractivity contribution in [3.05, 3.63) is 95.1 Å². The number of carbonyl (C=O) groups is 1. The second-order valence-corrected chi connectivity index (χ2v) is 10.7. The third-order valence-electron chi connectivity index (χ3n) is 7.47. The van der Waals surface area contributed by atoms with E-state index in [1.807, 2.05) is 49.4 Å². The SMILES string of the molecule is CCOC(=O)[C@H](Cc1ccc(OCCN2CCC(C)(C)c3cc(/C(=N/OC)c4ccccc4)ccc32)cc1)OCC. The average molecular weight is 559 g/mol. The van der Waals surface area contributed by atoms with E-state index < -0.39 is 6.10 Å². The molecule has 0 unspecified atom stereocenters. The molecular weight excluding hydrogens is 516 g/mol. The minimum absolute atomic E-state index is 0.0380. The van der Waals surface area contributed by atoms with Gasteiger partial charge in [0.25, 0.3) is 0 Å². The van der Waals surface area contributed by atoms with Crippen molar-refractivity contribution in [1.29, 1.82) is 0 Å². The molecule has 0 spiro atoms. The van der Waals surface area contributed by atoms with Crippen LogP contribution in [-0.2, 0) is 30.9 Å². The van der Waals surface area contributed by atoms with Gasteiger partial charge >= 0.3 is 5.97 Å². The largest absolute Gasteiger partial charge is 0.492 e. The molecule has 1 aliphatic rings. The third kappa shape index (κ3) is 7.67. The van der Waals surface area contributed by atoms with Crippen LogP contribution in [0.15, 0.2) is 78.0 Å². The van der Waals surface area contributed by atoms with Crippen molar-refractivity contribution in [2.45, 2.75) is 52.1 Å². The van der Waals surface area contributed by atoms with Gasteiger partial charge in [-0.05, 0) is 61.1 Å². The average Bonchev–Trinajstić information content (AvgIpc) is 2.98. The number of carbonyl (C=O) groups excluding carboxylic acids is 1. The highest BCUT2D eigenvalue weighted by Crippen LogP contribution is 2.40. The van der Waals surface area contributed by atoms with Crippen LogP contribution in [-0.4, -0.2) is 57.8 Å². The van der Waals surface area contributed by atoms with Gasteiger partial charge in [-0.25, -0.2) is 4.79 Å². The summed E-state index contributed by atoms with van der Waals surface area (Å²) in [5.41, 5.74) is 6.46. The lowest BCUT2D eigenvalue weighted by molar-refractivity contribution is -0.156. The molecule has 4 rings (SSSR count). The van der Waals surface area contributed by atoms with E-state index in [9.17, 15) is 4.79 Å². The highest BCUT2D eigenvalue weighted by Gasteiger charge is 2.32. The summed E-state index contributed by atoms with van der Waals surface area (Å²) in [5.74, 6) is 0.475. The molecule has 1 heterocycles. The number of ether oxygens (including phenoxy) is 3. The Morgan fingerprint density at radius 3 is 2.41 bits per heavy atom. The van der Waals surface area contributed by atoms with E-state index in [-0.39, 0.29) is 11.4 Å². The summed E-state index contributed by atoms with van der Waals surface area (Å²) in [6.45, 7) is 11.4. The Morgan fingerprint density at radius 2 is 1.73 bits per heavy atom. The highest BCUT2D eigenvalue weighted by atomic mass is 16.6. The van der Waals surface area contributed by atoms with Crippen molar-refractivity contribution in [2.75, 3.05) is 44.9 Å². The summed E-state index contributed by atoms with van der Waals surface area (Å²) in [5, 5.41) is 4.36. The van der Waals surface area contributed by atoms with Crippen LogP contribution in [0, 0.1) is 0 Å². The molecular formula is C34H42N2O5. The number of hydrogen-bond donors (Lipinski definition) is 0. The van der Waals surface area contributed by atoms with Crippen LogP contribution >= 0.6 is 0 Å². The van der Waals surface area contributed by atoms with E-state index >= 15 is 0 Å². The fourth-order valence-electron chi connectivity index (χ4n) is 5.22. The Hall–Kier alpha value is -3.84. The number of hydrogen-bond acceptors (Lipinski definition) is 7. The van der Waals surface area contributed by atoms with Crippen molar-refractivity contribution in [3.8, 4) is 5.75 Å². The van der Waals surface area contributed by atoms with Gasteiger partial charge in [0.1, 0.15) is 25.2 Å². The van der Waals surface area contributed by atoms with Crippen LogP contribution in [0.25, 0.3) is 0 Å². The summed E-state index contributed by atoms with van der Waals surface area (Å²) in [7, 11) is 1.58. The number of esters is 1. The maximum Gasteiger partial charge on any atom is 0.335 e. The molecule has 0 saturated heterocycles.